The van der Waals surface area contributed by atoms with E-state index in [1.54, 1.807) is 0 Å². The molecular weight excluding hydrogens is 264 g/mol. The van der Waals surface area contributed by atoms with E-state index in [0.29, 0.717) is 6.42 Å². The maximum Gasteiger partial charge on any atom is 0.223 e. The lowest BCUT2D eigenvalue weighted by molar-refractivity contribution is -0.139. The standard InChI is InChI=1S/C17H18N2O2/c1-3-9-11-8-13(20)19(2)16(9)14-10-6-4-5-7-12(10)18-15(14)17(11)21/h4-7,9,11,16,18H,3,8H2,1-2H3/t9-,11+,16-/m1/s1. The number of Topliss-reactive ketones (excluding diaryl/α,β-unsaturated/α-hetero) is 1. The normalized spacial score (nSPS) is 28.1. The zero-order valence-electron chi connectivity index (χ0n) is 12.2. The molecule has 2 heterocycles. The zero-order chi connectivity index (χ0) is 14.7. The van der Waals surface area contributed by atoms with Crippen LogP contribution in [0, 0.1) is 11.8 Å². The van der Waals surface area contributed by atoms with Crippen molar-refractivity contribution in [2.24, 2.45) is 11.8 Å². The van der Waals surface area contributed by atoms with Crippen LogP contribution in [-0.4, -0.2) is 28.6 Å². The fourth-order valence-corrected chi connectivity index (χ4v) is 4.20. The van der Waals surface area contributed by atoms with Gasteiger partial charge in [-0.2, -0.15) is 0 Å². The van der Waals surface area contributed by atoms with Crippen molar-refractivity contribution in [1.82, 2.24) is 9.88 Å². The number of hydrogen-bond acceptors (Lipinski definition) is 2. The van der Waals surface area contributed by atoms with Gasteiger partial charge in [-0.25, -0.2) is 0 Å². The number of carbonyl (C=O) groups excluding carboxylic acids is 2. The largest absolute Gasteiger partial charge is 0.352 e. The lowest BCUT2D eigenvalue weighted by Crippen LogP contribution is -2.50. The van der Waals surface area contributed by atoms with E-state index in [2.05, 4.69) is 11.9 Å². The predicted molar refractivity (Wildman–Crippen MR) is 80.0 cm³/mol. The Morgan fingerprint density at radius 2 is 2.05 bits per heavy atom. The van der Waals surface area contributed by atoms with Crippen LogP contribution in [0.3, 0.4) is 0 Å². The predicted octanol–water partition coefficient (Wildman–Crippen LogP) is 2.91. The first-order valence-electron chi connectivity index (χ1n) is 7.54. The molecule has 1 aliphatic carbocycles. The molecule has 1 aliphatic heterocycles. The van der Waals surface area contributed by atoms with Crippen LogP contribution in [0.4, 0.5) is 0 Å². The molecule has 1 aromatic heterocycles. The van der Waals surface area contributed by atoms with E-state index < -0.39 is 0 Å². The van der Waals surface area contributed by atoms with Crippen LogP contribution >= 0.6 is 0 Å². The van der Waals surface area contributed by atoms with E-state index in [9.17, 15) is 9.59 Å². The molecule has 3 atom stereocenters. The third kappa shape index (κ3) is 1.50. The Morgan fingerprint density at radius 1 is 1.29 bits per heavy atom. The molecule has 4 rings (SSSR count). The number of piperidine rings is 1. The SMILES string of the molecule is CC[C@@H]1[C@@H]2CC(=O)N(C)[C@H]1c1c([nH]c3ccccc13)C2=O. The maximum absolute atomic E-state index is 12.8. The van der Waals surface area contributed by atoms with E-state index >= 15 is 0 Å². The summed E-state index contributed by atoms with van der Waals surface area (Å²) in [5.74, 6) is 0.265. The number of amides is 1. The maximum atomic E-state index is 12.8. The number of nitrogens with zero attached hydrogens (tertiary/aromatic N) is 1. The van der Waals surface area contributed by atoms with Gasteiger partial charge in [0.05, 0.1) is 11.7 Å². The fourth-order valence-electron chi connectivity index (χ4n) is 4.20. The van der Waals surface area contributed by atoms with Gasteiger partial charge >= 0.3 is 0 Å². The topological polar surface area (TPSA) is 53.2 Å². The number of aromatic amines is 1. The number of ketones is 1. The summed E-state index contributed by atoms with van der Waals surface area (Å²) in [7, 11) is 1.87. The van der Waals surface area contributed by atoms with E-state index in [4.69, 9.17) is 0 Å². The van der Waals surface area contributed by atoms with Crippen LogP contribution in [-0.2, 0) is 4.79 Å². The van der Waals surface area contributed by atoms with Gasteiger partial charge in [0, 0.05) is 35.9 Å². The van der Waals surface area contributed by atoms with Crippen molar-refractivity contribution in [3.63, 3.8) is 0 Å². The van der Waals surface area contributed by atoms with Gasteiger partial charge in [0.1, 0.15) is 0 Å². The molecule has 2 aliphatic rings. The molecule has 2 bridgehead atoms. The summed E-state index contributed by atoms with van der Waals surface area (Å²) >= 11 is 0. The van der Waals surface area contributed by atoms with Crippen molar-refractivity contribution in [2.75, 3.05) is 7.05 Å². The summed E-state index contributed by atoms with van der Waals surface area (Å²) in [6.07, 6.45) is 1.26. The minimum absolute atomic E-state index is 0.0186. The number of benzene rings is 1. The summed E-state index contributed by atoms with van der Waals surface area (Å²) in [4.78, 5) is 30.2. The number of hydrogen-bond donors (Lipinski definition) is 1. The first kappa shape index (κ1) is 12.6. The Labute approximate surface area is 123 Å². The summed E-state index contributed by atoms with van der Waals surface area (Å²) in [6, 6.07) is 8.00. The molecule has 2 aromatic rings. The average molecular weight is 282 g/mol. The van der Waals surface area contributed by atoms with Gasteiger partial charge in [0.2, 0.25) is 5.91 Å². The van der Waals surface area contributed by atoms with Crippen molar-refractivity contribution in [3.05, 3.63) is 35.5 Å². The van der Waals surface area contributed by atoms with Crippen LogP contribution in [0.2, 0.25) is 0 Å². The molecular formula is C17H18N2O2. The number of carbonyl (C=O) groups is 2. The number of para-hydroxylation sites is 1. The molecule has 1 saturated heterocycles. The number of fused-ring (bicyclic) bond motifs is 6. The van der Waals surface area contributed by atoms with E-state index in [-0.39, 0.29) is 29.6 Å². The van der Waals surface area contributed by atoms with Gasteiger partial charge in [0.25, 0.3) is 0 Å². The second kappa shape index (κ2) is 4.20. The van der Waals surface area contributed by atoms with Crippen molar-refractivity contribution < 1.29 is 9.59 Å². The summed E-state index contributed by atoms with van der Waals surface area (Å²) < 4.78 is 0. The lowest BCUT2D eigenvalue weighted by Gasteiger charge is -2.46. The number of aromatic nitrogens is 1. The van der Waals surface area contributed by atoms with Crippen LogP contribution in [0.5, 0.6) is 0 Å². The molecule has 1 N–H and O–H groups in total. The third-order valence-electron chi connectivity index (χ3n) is 5.22. The number of rotatable bonds is 1. The Kier molecular flexibility index (Phi) is 2.52. The van der Waals surface area contributed by atoms with E-state index in [1.807, 2.05) is 36.2 Å². The molecule has 0 saturated carbocycles. The highest BCUT2D eigenvalue weighted by atomic mass is 16.2. The van der Waals surface area contributed by atoms with Gasteiger partial charge in [-0.3, -0.25) is 9.59 Å². The van der Waals surface area contributed by atoms with Gasteiger partial charge in [-0.1, -0.05) is 31.5 Å². The third-order valence-corrected chi connectivity index (χ3v) is 5.22. The molecule has 108 valence electrons. The average Bonchev–Trinajstić information content (AvgIpc) is 2.87. The molecule has 4 heteroatoms. The Bertz CT molecular complexity index is 761. The molecule has 0 radical (unpaired) electrons. The second-order valence-electron chi connectivity index (χ2n) is 6.16. The number of H-pyrrole nitrogens is 1. The first-order valence-corrected chi connectivity index (χ1v) is 7.54. The van der Waals surface area contributed by atoms with Gasteiger partial charge in [-0.15, -0.1) is 0 Å². The molecule has 0 spiro atoms. The summed E-state index contributed by atoms with van der Waals surface area (Å²) in [6.45, 7) is 2.11. The monoisotopic (exact) mass is 282 g/mol. The highest BCUT2D eigenvalue weighted by Crippen LogP contribution is 2.49. The van der Waals surface area contributed by atoms with E-state index in [1.165, 1.54) is 0 Å². The minimum atomic E-state index is -0.163. The number of nitrogens with one attached hydrogen (secondary N) is 1. The smallest absolute Gasteiger partial charge is 0.223 e. The van der Waals surface area contributed by atoms with Crippen molar-refractivity contribution >= 4 is 22.6 Å². The number of likely N-dealkylation sites (tertiary alicyclic amines) is 1. The van der Waals surface area contributed by atoms with Gasteiger partial charge in [-0.05, 0) is 12.0 Å². The Balaban J connectivity index is 2.04. The Hall–Kier alpha value is -2.10. The fraction of sp³-hybridized carbons (Fsp3) is 0.412. The highest BCUT2D eigenvalue weighted by Gasteiger charge is 2.50. The molecule has 1 amide bonds. The first-order chi connectivity index (χ1) is 10.1. The van der Waals surface area contributed by atoms with Gasteiger partial charge < -0.3 is 9.88 Å². The molecule has 0 unspecified atom stereocenters. The van der Waals surface area contributed by atoms with Crippen molar-refractivity contribution in [3.8, 4) is 0 Å². The van der Waals surface area contributed by atoms with Crippen LogP contribution in [0.25, 0.3) is 10.9 Å². The quantitative estimate of drug-likeness (QED) is 0.874. The van der Waals surface area contributed by atoms with Crippen molar-refractivity contribution in [1.29, 1.82) is 0 Å². The highest BCUT2D eigenvalue weighted by molar-refractivity contribution is 6.07. The van der Waals surface area contributed by atoms with Gasteiger partial charge in [0.15, 0.2) is 5.78 Å². The molecule has 21 heavy (non-hydrogen) atoms. The van der Waals surface area contributed by atoms with Crippen LogP contribution in [0.1, 0.15) is 41.9 Å². The minimum Gasteiger partial charge on any atom is -0.352 e. The summed E-state index contributed by atoms with van der Waals surface area (Å²) in [5, 5.41) is 1.07. The molecule has 4 nitrogen and oxygen atoms in total. The zero-order valence-corrected chi connectivity index (χ0v) is 12.2. The molecule has 1 fully saturated rings. The van der Waals surface area contributed by atoms with Crippen LogP contribution < -0.4 is 0 Å². The Morgan fingerprint density at radius 3 is 2.81 bits per heavy atom. The summed E-state index contributed by atoms with van der Waals surface area (Å²) in [5.41, 5.74) is 2.73. The second-order valence-corrected chi connectivity index (χ2v) is 6.16. The van der Waals surface area contributed by atoms with Crippen molar-refractivity contribution in [2.45, 2.75) is 25.8 Å². The van der Waals surface area contributed by atoms with E-state index in [0.717, 1.165) is 28.6 Å². The molecule has 1 aromatic carbocycles. The lowest BCUT2D eigenvalue weighted by atomic mass is 9.68. The van der Waals surface area contributed by atoms with Crippen LogP contribution in [0.15, 0.2) is 24.3 Å².